The Bertz CT molecular complexity index is 320. The third kappa shape index (κ3) is 2.40. The van der Waals surface area contributed by atoms with Gasteiger partial charge < -0.3 is 9.47 Å². The molecule has 1 rings (SSSR count). The second-order valence-electron chi connectivity index (χ2n) is 3.08. The number of halogens is 6. The minimum atomic E-state index is -5.77. The highest BCUT2D eigenvalue weighted by atomic mass is 19.4. The molecule has 1 aliphatic heterocycles. The number of ether oxygens (including phenoxy) is 2. The number of rotatable bonds is 2. The van der Waals surface area contributed by atoms with E-state index in [0.717, 1.165) is 0 Å². The molecule has 98 valence electrons. The van der Waals surface area contributed by atoms with Crippen molar-refractivity contribution in [2.24, 2.45) is 5.11 Å². The van der Waals surface area contributed by atoms with Gasteiger partial charge in [-0.15, -0.1) is 0 Å². The predicted octanol–water partition coefficient (Wildman–Crippen LogP) is 2.53. The van der Waals surface area contributed by atoms with Gasteiger partial charge in [-0.3, -0.25) is 0 Å². The summed E-state index contributed by atoms with van der Waals surface area (Å²) in [6.45, 7) is -1.64. The van der Waals surface area contributed by atoms with E-state index in [4.69, 9.17) is 5.53 Å². The normalized spacial score (nSPS) is 24.5. The van der Waals surface area contributed by atoms with Gasteiger partial charge in [0.25, 0.3) is 0 Å². The molecule has 1 fully saturated rings. The molecule has 0 aromatic carbocycles. The summed E-state index contributed by atoms with van der Waals surface area (Å²) < 4.78 is 81.6. The first kappa shape index (κ1) is 13.9. The van der Waals surface area contributed by atoms with Crippen LogP contribution in [0.5, 0.6) is 0 Å². The molecule has 0 bridgehead atoms. The van der Waals surface area contributed by atoms with Gasteiger partial charge in [-0.2, -0.15) is 26.3 Å². The van der Waals surface area contributed by atoms with Crippen LogP contribution in [0.15, 0.2) is 5.11 Å². The van der Waals surface area contributed by atoms with Crippen LogP contribution < -0.4 is 0 Å². The standard InChI is InChI=1S/C6H5F6N3O2/c7-5(8,9)4(6(10,11)12)16-2-3(17-4)1-14-15-13/h3H,1-2H2. The lowest BCUT2D eigenvalue weighted by molar-refractivity contribution is -0.442. The van der Waals surface area contributed by atoms with E-state index in [9.17, 15) is 26.3 Å². The molecule has 1 unspecified atom stereocenters. The van der Waals surface area contributed by atoms with Gasteiger partial charge in [-0.05, 0) is 5.53 Å². The van der Waals surface area contributed by atoms with Crippen LogP contribution in [0, 0.1) is 0 Å². The molecular formula is C6H5F6N3O2. The third-order valence-electron chi connectivity index (χ3n) is 1.90. The largest absolute Gasteiger partial charge is 0.453 e. The molecule has 0 aliphatic carbocycles. The van der Waals surface area contributed by atoms with Crippen LogP contribution >= 0.6 is 0 Å². The topological polar surface area (TPSA) is 67.2 Å². The maximum Gasteiger partial charge on any atom is 0.453 e. The van der Waals surface area contributed by atoms with E-state index < -0.39 is 37.4 Å². The van der Waals surface area contributed by atoms with Gasteiger partial charge >= 0.3 is 18.1 Å². The van der Waals surface area contributed by atoms with Gasteiger partial charge in [0.05, 0.1) is 19.3 Å². The average Bonchev–Trinajstić information content (AvgIpc) is 2.57. The van der Waals surface area contributed by atoms with Crippen molar-refractivity contribution in [3.63, 3.8) is 0 Å². The smallest absolute Gasteiger partial charge is 0.333 e. The van der Waals surface area contributed by atoms with E-state index in [1.807, 2.05) is 0 Å². The predicted molar refractivity (Wildman–Crippen MR) is 39.7 cm³/mol. The zero-order chi connectivity index (χ0) is 13.3. The van der Waals surface area contributed by atoms with E-state index in [1.165, 1.54) is 0 Å². The molecular weight excluding hydrogens is 260 g/mol. The Morgan fingerprint density at radius 2 is 1.76 bits per heavy atom. The fourth-order valence-corrected chi connectivity index (χ4v) is 1.19. The number of nitrogens with zero attached hydrogens (tertiary/aromatic N) is 3. The highest BCUT2D eigenvalue weighted by molar-refractivity contribution is 4.92. The molecule has 17 heavy (non-hydrogen) atoms. The number of hydrogen-bond acceptors (Lipinski definition) is 3. The second-order valence-corrected chi connectivity index (χ2v) is 3.08. The van der Waals surface area contributed by atoms with E-state index in [0.29, 0.717) is 0 Å². The van der Waals surface area contributed by atoms with Crippen LogP contribution in [-0.2, 0) is 9.47 Å². The summed E-state index contributed by atoms with van der Waals surface area (Å²) in [5.41, 5.74) is 7.89. The summed E-state index contributed by atoms with van der Waals surface area (Å²) in [6.07, 6.45) is -13.1. The van der Waals surface area contributed by atoms with Crippen molar-refractivity contribution >= 4 is 0 Å². The SMILES string of the molecule is [N-]=[N+]=NCC1COC(C(F)(F)F)(C(F)(F)F)O1. The Balaban J connectivity index is 2.95. The van der Waals surface area contributed by atoms with Gasteiger partial charge in [-0.25, -0.2) is 0 Å². The van der Waals surface area contributed by atoms with Crippen molar-refractivity contribution in [3.05, 3.63) is 10.4 Å². The van der Waals surface area contributed by atoms with Crippen molar-refractivity contribution < 1.29 is 35.8 Å². The molecule has 1 aliphatic rings. The highest BCUT2D eigenvalue weighted by Gasteiger charge is 2.77. The van der Waals surface area contributed by atoms with Crippen LogP contribution in [0.25, 0.3) is 10.4 Å². The summed E-state index contributed by atoms with van der Waals surface area (Å²) in [7, 11) is 0. The lowest BCUT2D eigenvalue weighted by Crippen LogP contribution is -2.58. The van der Waals surface area contributed by atoms with Gasteiger partial charge in [0.1, 0.15) is 0 Å². The number of hydrogen-bond donors (Lipinski definition) is 0. The zero-order valence-electron chi connectivity index (χ0n) is 7.92. The summed E-state index contributed by atoms with van der Waals surface area (Å²) in [6, 6.07) is 0. The van der Waals surface area contributed by atoms with Crippen molar-refractivity contribution in [1.29, 1.82) is 0 Å². The van der Waals surface area contributed by atoms with Crippen LogP contribution in [0.2, 0.25) is 0 Å². The minimum Gasteiger partial charge on any atom is -0.333 e. The van der Waals surface area contributed by atoms with Crippen molar-refractivity contribution in [2.75, 3.05) is 13.2 Å². The van der Waals surface area contributed by atoms with Gasteiger partial charge in [-0.1, -0.05) is 5.11 Å². The maximum atomic E-state index is 12.3. The molecule has 0 aromatic rings. The highest BCUT2D eigenvalue weighted by Crippen LogP contribution is 2.49. The lowest BCUT2D eigenvalue weighted by Gasteiger charge is -2.31. The van der Waals surface area contributed by atoms with Gasteiger partial charge in [0.15, 0.2) is 0 Å². The van der Waals surface area contributed by atoms with Crippen molar-refractivity contribution in [2.45, 2.75) is 24.2 Å². The molecule has 11 heteroatoms. The monoisotopic (exact) mass is 265 g/mol. The Hall–Kier alpha value is -1.19. The lowest BCUT2D eigenvalue weighted by atomic mass is 10.2. The first-order valence-electron chi connectivity index (χ1n) is 4.10. The Morgan fingerprint density at radius 1 is 1.24 bits per heavy atom. The number of alkyl halides is 6. The molecule has 0 N–H and O–H groups in total. The van der Waals surface area contributed by atoms with Crippen molar-refractivity contribution in [3.8, 4) is 0 Å². The van der Waals surface area contributed by atoms with E-state index in [1.54, 1.807) is 0 Å². The fraction of sp³-hybridized carbons (Fsp3) is 1.00. The van der Waals surface area contributed by atoms with Crippen LogP contribution in [0.3, 0.4) is 0 Å². The second kappa shape index (κ2) is 4.24. The third-order valence-corrected chi connectivity index (χ3v) is 1.90. The summed E-state index contributed by atoms with van der Waals surface area (Å²) in [5.74, 6) is -4.64. The number of azide groups is 1. The van der Waals surface area contributed by atoms with Crippen LogP contribution in [0.4, 0.5) is 26.3 Å². The summed E-state index contributed by atoms with van der Waals surface area (Å²) in [4.78, 5) is 2.20. The molecule has 5 nitrogen and oxygen atoms in total. The summed E-state index contributed by atoms with van der Waals surface area (Å²) in [5, 5.41) is 2.82. The molecule has 0 radical (unpaired) electrons. The first-order chi connectivity index (χ1) is 7.64. The van der Waals surface area contributed by atoms with Gasteiger partial charge in [0, 0.05) is 4.91 Å². The quantitative estimate of drug-likeness (QED) is 0.333. The molecule has 0 spiro atoms. The average molecular weight is 265 g/mol. The summed E-state index contributed by atoms with van der Waals surface area (Å²) >= 11 is 0. The van der Waals surface area contributed by atoms with E-state index >= 15 is 0 Å². The Labute approximate surface area is 89.9 Å². The van der Waals surface area contributed by atoms with Gasteiger partial charge in [0.2, 0.25) is 0 Å². The molecule has 0 saturated carbocycles. The molecule has 1 atom stereocenters. The van der Waals surface area contributed by atoms with Crippen LogP contribution in [-0.4, -0.2) is 37.4 Å². The van der Waals surface area contributed by atoms with Crippen molar-refractivity contribution in [1.82, 2.24) is 0 Å². The molecule has 0 aromatic heterocycles. The van der Waals surface area contributed by atoms with Crippen LogP contribution in [0.1, 0.15) is 0 Å². The van der Waals surface area contributed by atoms with E-state index in [2.05, 4.69) is 19.5 Å². The molecule has 1 saturated heterocycles. The minimum absolute atomic E-state index is 0.676. The zero-order valence-corrected chi connectivity index (χ0v) is 7.92. The Kier molecular flexibility index (Phi) is 3.46. The molecule has 1 heterocycles. The maximum absolute atomic E-state index is 12.3. The molecule has 0 amide bonds. The fourth-order valence-electron chi connectivity index (χ4n) is 1.19. The Morgan fingerprint density at radius 3 is 2.12 bits per heavy atom. The van der Waals surface area contributed by atoms with E-state index in [-0.39, 0.29) is 0 Å². The first-order valence-corrected chi connectivity index (χ1v) is 4.10.